The van der Waals surface area contributed by atoms with Crippen molar-refractivity contribution < 1.29 is 4.74 Å². The third kappa shape index (κ3) is 1.42. The van der Waals surface area contributed by atoms with Crippen LogP contribution in [0.1, 0.15) is 25.7 Å². The van der Waals surface area contributed by atoms with E-state index in [0.29, 0.717) is 11.6 Å². The lowest BCUT2D eigenvalue weighted by atomic mass is 9.88. The summed E-state index contributed by atoms with van der Waals surface area (Å²) in [6.45, 7) is 5.78. The Labute approximate surface area is 80.6 Å². The summed E-state index contributed by atoms with van der Waals surface area (Å²) in [7, 11) is 2.24. The van der Waals surface area contributed by atoms with Gasteiger partial charge < -0.3 is 4.74 Å². The van der Waals surface area contributed by atoms with Crippen molar-refractivity contribution >= 4 is 0 Å². The van der Waals surface area contributed by atoms with Crippen molar-refractivity contribution in [1.29, 1.82) is 0 Å². The maximum absolute atomic E-state index is 5.42. The van der Waals surface area contributed by atoms with Gasteiger partial charge in [0.05, 0.1) is 0 Å². The van der Waals surface area contributed by atoms with Crippen LogP contribution in [0.4, 0.5) is 0 Å². The van der Waals surface area contributed by atoms with Crippen LogP contribution >= 0.6 is 0 Å². The molecule has 0 radical (unpaired) electrons. The van der Waals surface area contributed by atoms with E-state index in [1.807, 2.05) is 0 Å². The Morgan fingerprint density at radius 1 is 1.38 bits per heavy atom. The van der Waals surface area contributed by atoms with E-state index in [4.69, 9.17) is 4.74 Å². The average molecular weight is 181 g/mol. The normalized spacial score (nSPS) is 33.8. The zero-order chi connectivity index (χ0) is 9.31. The fraction of sp³-hybridized carbons (Fsp3) is 0.818. The first-order valence-corrected chi connectivity index (χ1v) is 5.22. The molecule has 2 heterocycles. The topological polar surface area (TPSA) is 12.5 Å². The second-order valence-electron chi connectivity index (χ2n) is 4.29. The van der Waals surface area contributed by atoms with Crippen LogP contribution in [0.2, 0.25) is 0 Å². The highest BCUT2D eigenvalue weighted by Gasteiger charge is 2.43. The van der Waals surface area contributed by atoms with E-state index in [-0.39, 0.29) is 0 Å². The summed E-state index contributed by atoms with van der Waals surface area (Å²) >= 11 is 0. The summed E-state index contributed by atoms with van der Waals surface area (Å²) in [5.74, 6) is 0. The van der Waals surface area contributed by atoms with Gasteiger partial charge in [-0.25, -0.2) is 0 Å². The van der Waals surface area contributed by atoms with Crippen LogP contribution in [-0.2, 0) is 4.74 Å². The highest BCUT2D eigenvalue weighted by molar-refractivity contribution is 5.05. The quantitative estimate of drug-likeness (QED) is 0.572. The first kappa shape index (κ1) is 9.22. The van der Waals surface area contributed by atoms with Crippen LogP contribution in [0.15, 0.2) is 12.7 Å². The van der Waals surface area contributed by atoms with Crippen molar-refractivity contribution in [3.8, 4) is 0 Å². The van der Waals surface area contributed by atoms with Gasteiger partial charge in [-0.3, -0.25) is 4.90 Å². The summed E-state index contributed by atoms with van der Waals surface area (Å²) < 4.78 is 5.42. The van der Waals surface area contributed by atoms with Crippen molar-refractivity contribution in [3.63, 3.8) is 0 Å². The number of nitrogens with zero attached hydrogens (tertiary/aromatic N) is 1. The molecule has 2 aliphatic heterocycles. The van der Waals surface area contributed by atoms with E-state index >= 15 is 0 Å². The molecule has 0 N–H and O–H groups in total. The number of hydrogen-bond donors (Lipinski definition) is 0. The monoisotopic (exact) mass is 181 g/mol. The van der Waals surface area contributed by atoms with Crippen LogP contribution < -0.4 is 0 Å². The summed E-state index contributed by atoms with van der Waals surface area (Å²) in [6.07, 6.45) is 7.09. The van der Waals surface area contributed by atoms with Crippen molar-refractivity contribution in [3.05, 3.63) is 12.7 Å². The van der Waals surface area contributed by atoms with Gasteiger partial charge >= 0.3 is 0 Å². The standard InChI is InChI=1S/C11H19NO/c1-3-10-4-5-11(12(10)2)6-8-13-9-7-11/h3,10H,1,4-9H2,2H3. The lowest BCUT2D eigenvalue weighted by Gasteiger charge is -2.41. The SMILES string of the molecule is C=CC1CCC2(CCOCC2)N1C. The Bertz CT molecular complexity index is 196. The number of rotatable bonds is 1. The summed E-state index contributed by atoms with van der Waals surface area (Å²) in [6, 6.07) is 0.595. The minimum absolute atomic E-state index is 0.442. The van der Waals surface area contributed by atoms with Gasteiger partial charge in [0, 0.05) is 24.8 Å². The minimum atomic E-state index is 0.442. The lowest BCUT2D eigenvalue weighted by Crippen LogP contribution is -2.47. The predicted molar refractivity (Wildman–Crippen MR) is 53.8 cm³/mol. The van der Waals surface area contributed by atoms with Crippen molar-refractivity contribution in [1.82, 2.24) is 4.90 Å². The van der Waals surface area contributed by atoms with Gasteiger partial charge in [0.2, 0.25) is 0 Å². The lowest BCUT2D eigenvalue weighted by molar-refractivity contribution is -0.00376. The molecule has 2 rings (SSSR count). The fourth-order valence-electron chi connectivity index (χ4n) is 2.77. The number of ether oxygens (including phenoxy) is 1. The first-order valence-electron chi connectivity index (χ1n) is 5.22. The van der Waals surface area contributed by atoms with E-state index in [9.17, 15) is 0 Å². The average Bonchev–Trinajstić information content (AvgIpc) is 2.47. The molecule has 1 unspecified atom stereocenters. The van der Waals surface area contributed by atoms with Gasteiger partial charge in [0.1, 0.15) is 0 Å². The highest BCUT2D eigenvalue weighted by Crippen LogP contribution is 2.39. The van der Waals surface area contributed by atoms with Gasteiger partial charge in [0.15, 0.2) is 0 Å². The molecule has 13 heavy (non-hydrogen) atoms. The van der Waals surface area contributed by atoms with Crippen LogP contribution in [0.25, 0.3) is 0 Å². The number of likely N-dealkylation sites (tertiary alicyclic amines) is 1. The molecule has 1 spiro atoms. The third-order valence-electron chi connectivity index (χ3n) is 3.85. The molecule has 0 aromatic rings. The number of likely N-dealkylation sites (N-methyl/N-ethyl adjacent to an activating group) is 1. The zero-order valence-electron chi connectivity index (χ0n) is 8.46. The molecule has 0 amide bonds. The minimum Gasteiger partial charge on any atom is -0.381 e. The Morgan fingerprint density at radius 2 is 2.08 bits per heavy atom. The van der Waals surface area contributed by atoms with Crippen LogP contribution in [-0.4, -0.2) is 36.7 Å². The molecule has 0 bridgehead atoms. The van der Waals surface area contributed by atoms with Crippen molar-refractivity contribution in [2.75, 3.05) is 20.3 Å². The molecular formula is C11H19NO. The van der Waals surface area contributed by atoms with Gasteiger partial charge in [-0.2, -0.15) is 0 Å². The van der Waals surface area contributed by atoms with Crippen molar-refractivity contribution in [2.24, 2.45) is 0 Å². The van der Waals surface area contributed by atoms with Crippen LogP contribution in [0, 0.1) is 0 Å². The molecule has 1 atom stereocenters. The molecule has 0 saturated carbocycles. The first-order chi connectivity index (χ1) is 6.28. The molecule has 0 aliphatic carbocycles. The Kier molecular flexibility index (Phi) is 2.43. The largest absolute Gasteiger partial charge is 0.381 e. The maximum Gasteiger partial charge on any atom is 0.0483 e. The smallest absolute Gasteiger partial charge is 0.0483 e. The van der Waals surface area contributed by atoms with Gasteiger partial charge in [0.25, 0.3) is 0 Å². The summed E-state index contributed by atoms with van der Waals surface area (Å²) in [5, 5.41) is 0. The molecule has 0 aromatic carbocycles. The number of hydrogen-bond acceptors (Lipinski definition) is 2. The summed E-state index contributed by atoms with van der Waals surface area (Å²) in [4.78, 5) is 2.52. The van der Waals surface area contributed by atoms with E-state index in [1.54, 1.807) is 0 Å². The molecule has 2 saturated heterocycles. The van der Waals surface area contributed by atoms with E-state index in [2.05, 4.69) is 24.6 Å². The van der Waals surface area contributed by atoms with E-state index in [0.717, 1.165) is 13.2 Å². The van der Waals surface area contributed by atoms with Crippen LogP contribution in [0.3, 0.4) is 0 Å². The molecule has 2 aliphatic rings. The van der Waals surface area contributed by atoms with E-state index in [1.165, 1.54) is 25.7 Å². The second kappa shape index (κ2) is 3.43. The molecule has 2 heteroatoms. The van der Waals surface area contributed by atoms with Gasteiger partial charge in [-0.15, -0.1) is 6.58 Å². The zero-order valence-corrected chi connectivity index (χ0v) is 8.46. The molecule has 74 valence electrons. The fourth-order valence-corrected chi connectivity index (χ4v) is 2.77. The maximum atomic E-state index is 5.42. The third-order valence-corrected chi connectivity index (χ3v) is 3.85. The molecule has 2 fully saturated rings. The van der Waals surface area contributed by atoms with Crippen molar-refractivity contribution in [2.45, 2.75) is 37.3 Å². The van der Waals surface area contributed by atoms with Gasteiger partial charge in [-0.05, 0) is 32.7 Å². The Balaban J connectivity index is 2.10. The Morgan fingerprint density at radius 3 is 2.62 bits per heavy atom. The molecule has 0 aromatic heterocycles. The highest BCUT2D eigenvalue weighted by atomic mass is 16.5. The summed E-state index contributed by atoms with van der Waals surface area (Å²) in [5.41, 5.74) is 0.442. The van der Waals surface area contributed by atoms with Gasteiger partial charge in [-0.1, -0.05) is 6.08 Å². The molecular weight excluding hydrogens is 162 g/mol. The Hall–Kier alpha value is -0.340. The van der Waals surface area contributed by atoms with E-state index < -0.39 is 0 Å². The van der Waals surface area contributed by atoms with Crippen LogP contribution in [0.5, 0.6) is 0 Å². The molecule has 2 nitrogen and oxygen atoms in total. The predicted octanol–water partition coefficient (Wildman–Crippen LogP) is 1.82. The second-order valence-corrected chi connectivity index (χ2v) is 4.29.